The lowest BCUT2D eigenvalue weighted by Crippen LogP contribution is -2.10. The molecule has 57 heavy (non-hydrogen) atoms. The van der Waals surface area contributed by atoms with Crippen LogP contribution in [0.3, 0.4) is 0 Å². The number of hydrogen-bond donors (Lipinski definition) is 0. The van der Waals surface area contributed by atoms with Gasteiger partial charge in [0.15, 0.2) is 5.58 Å². The van der Waals surface area contributed by atoms with Crippen LogP contribution in [0.5, 0.6) is 0 Å². The molecule has 0 saturated heterocycles. The third-order valence-corrected chi connectivity index (χ3v) is 11.1. The van der Waals surface area contributed by atoms with Gasteiger partial charge in [-0.25, -0.2) is 0 Å². The summed E-state index contributed by atoms with van der Waals surface area (Å²) in [6, 6.07) is 75.0. The molecule has 268 valence electrons. The Labute approximate surface area is 330 Å². The first-order valence-corrected chi connectivity index (χ1v) is 19.3. The molecule has 0 fully saturated rings. The summed E-state index contributed by atoms with van der Waals surface area (Å²) >= 11 is 0. The van der Waals surface area contributed by atoms with Crippen LogP contribution < -0.4 is 4.90 Å². The maximum Gasteiger partial charge on any atom is 0.159 e. The lowest BCUT2D eigenvalue weighted by Gasteiger charge is -2.26. The van der Waals surface area contributed by atoms with Gasteiger partial charge < -0.3 is 13.7 Å². The molecule has 2 aromatic heterocycles. The molecule has 0 radical (unpaired) electrons. The molecule has 0 saturated carbocycles. The summed E-state index contributed by atoms with van der Waals surface area (Å²) < 4.78 is 13.1. The molecule has 0 aliphatic heterocycles. The van der Waals surface area contributed by atoms with Gasteiger partial charge in [-0.2, -0.15) is 0 Å². The Kier molecular flexibility index (Phi) is 7.82. The summed E-state index contributed by atoms with van der Waals surface area (Å²) in [5.41, 5.74) is 15.8. The monoisotopic (exact) mass is 729 g/mol. The lowest BCUT2D eigenvalue weighted by atomic mass is 9.98. The van der Waals surface area contributed by atoms with E-state index in [0.717, 1.165) is 88.8 Å². The van der Waals surface area contributed by atoms with Gasteiger partial charge >= 0.3 is 0 Å². The predicted octanol–water partition coefficient (Wildman–Crippen LogP) is 15.6. The smallest absolute Gasteiger partial charge is 0.159 e. The second-order valence-electron chi connectivity index (χ2n) is 14.5. The first-order valence-electron chi connectivity index (χ1n) is 19.3. The van der Waals surface area contributed by atoms with Crippen molar-refractivity contribution in [3.8, 4) is 44.5 Å². The summed E-state index contributed by atoms with van der Waals surface area (Å²) in [6.07, 6.45) is 0. The van der Waals surface area contributed by atoms with E-state index in [2.05, 4.69) is 199 Å². The summed E-state index contributed by atoms with van der Waals surface area (Å²) in [5, 5.41) is 4.42. The lowest BCUT2D eigenvalue weighted by molar-refractivity contribution is 0.669. The van der Waals surface area contributed by atoms with E-state index in [9.17, 15) is 0 Å². The molecule has 0 aliphatic rings. The standard InChI is InChI=1S/C54H35NO2/c1-3-12-36(13-4-1)40-16-9-17-41(34-40)37-24-29-43(30-25-37)55(50-22-11-21-47-46-18-7-8-23-51(46)57-54(47)50)44-31-26-38(27-32-44)42-28-33-52-49(35-42)48-20-10-19-45(53(48)56-52)39-14-5-2-6-15-39/h1-35H. The number of rotatable bonds is 7. The molecule has 3 heteroatoms. The maximum atomic E-state index is 6.60. The molecule has 0 unspecified atom stereocenters. The highest BCUT2D eigenvalue weighted by Crippen LogP contribution is 2.44. The van der Waals surface area contributed by atoms with Gasteiger partial charge in [0.25, 0.3) is 0 Å². The van der Waals surface area contributed by atoms with Crippen molar-refractivity contribution in [3.63, 3.8) is 0 Å². The SMILES string of the molecule is c1ccc(-c2cccc(-c3ccc(N(c4ccc(-c5ccc6oc7c(-c8ccccc8)cccc7c6c5)cc4)c4cccc5c4oc4ccccc45)cc3)c2)cc1. The zero-order chi connectivity index (χ0) is 37.7. The predicted molar refractivity (Wildman–Crippen MR) is 237 cm³/mol. The number of fused-ring (bicyclic) bond motifs is 6. The van der Waals surface area contributed by atoms with Gasteiger partial charge in [-0.3, -0.25) is 0 Å². The molecule has 2 heterocycles. The number of hydrogen-bond acceptors (Lipinski definition) is 3. The van der Waals surface area contributed by atoms with Crippen LogP contribution in [0.4, 0.5) is 17.1 Å². The first kappa shape index (κ1) is 32.8. The number of nitrogens with zero attached hydrogens (tertiary/aromatic N) is 1. The van der Waals surface area contributed by atoms with Crippen LogP contribution in [0.15, 0.2) is 221 Å². The Morgan fingerprint density at radius 2 is 0.754 bits per heavy atom. The van der Waals surface area contributed by atoms with Gasteiger partial charge in [0.05, 0.1) is 5.69 Å². The largest absolute Gasteiger partial charge is 0.455 e. The Morgan fingerprint density at radius 1 is 0.281 bits per heavy atom. The Hall–Kier alpha value is -7.62. The average Bonchev–Trinajstić information content (AvgIpc) is 3.86. The van der Waals surface area contributed by atoms with Gasteiger partial charge in [-0.15, -0.1) is 0 Å². The van der Waals surface area contributed by atoms with Gasteiger partial charge in [-0.1, -0.05) is 158 Å². The second-order valence-corrected chi connectivity index (χ2v) is 14.5. The van der Waals surface area contributed by atoms with Gasteiger partial charge in [-0.05, 0) is 93.5 Å². The van der Waals surface area contributed by atoms with Crippen LogP contribution in [0, 0.1) is 0 Å². The zero-order valence-electron chi connectivity index (χ0n) is 31.0. The molecule has 11 aromatic rings. The fraction of sp³-hybridized carbons (Fsp3) is 0. The van der Waals surface area contributed by atoms with Gasteiger partial charge in [0.1, 0.15) is 16.7 Å². The van der Waals surface area contributed by atoms with Crippen LogP contribution in [-0.4, -0.2) is 0 Å². The zero-order valence-corrected chi connectivity index (χ0v) is 31.0. The molecule has 0 aliphatic carbocycles. The minimum Gasteiger partial charge on any atom is -0.455 e. The highest BCUT2D eigenvalue weighted by Gasteiger charge is 2.20. The van der Waals surface area contributed by atoms with E-state index in [0.29, 0.717) is 0 Å². The average molecular weight is 730 g/mol. The summed E-state index contributed by atoms with van der Waals surface area (Å²) in [5.74, 6) is 0. The normalized spacial score (nSPS) is 11.5. The molecule has 0 amide bonds. The second kappa shape index (κ2) is 13.6. The van der Waals surface area contributed by atoms with Crippen molar-refractivity contribution in [2.75, 3.05) is 4.90 Å². The van der Waals surface area contributed by atoms with Crippen LogP contribution in [0.2, 0.25) is 0 Å². The molecule has 3 nitrogen and oxygen atoms in total. The highest BCUT2D eigenvalue weighted by atomic mass is 16.3. The van der Waals surface area contributed by atoms with Crippen LogP contribution in [0.1, 0.15) is 0 Å². The summed E-state index contributed by atoms with van der Waals surface area (Å²) in [7, 11) is 0. The Bertz CT molecular complexity index is 3210. The van der Waals surface area contributed by atoms with E-state index in [1.54, 1.807) is 0 Å². The highest BCUT2D eigenvalue weighted by molar-refractivity contribution is 6.11. The molecular formula is C54H35NO2. The van der Waals surface area contributed by atoms with Crippen molar-refractivity contribution in [2.45, 2.75) is 0 Å². The van der Waals surface area contributed by atoms with Crippen LogP contribution in [-0.2, 0) is 0 Å². The Balaban J connectivity index is 0.994. The molecule has 11 rings (SSSR count). The minimum atomic E-state index is 0.856. The minimum absolute atomic E-state index is 0.856. The molecule has 9 aromatic carbocycles. The van der Waals surface area contributed by atoms with Gasteiger partial charge in [0.2, 0.25) is 0 Å². The quantitative estimate of drug-likeness (QED) is 0.164. The maximum absolute atomic E-state index is 6.60. The van der Waals surface area contributed by atoms with Crippen molar-refractivity contribution < 1.29 is 8.83 Å². The van der Waals surface area contributed by atoms with Crippen molar-refractivity contribution in [3.05, 3.63) is 212 Å². The first-order chi connectivity index (χ1) is 28.2. The van der Waals surface area contributed by atoms with Crippen molar-refractivity contribution in [1.29, 1.82) is 0 Å². The molecule has 0 bridgehead atoms. The number of furan rings is 2. The third kappa shape index (κ3) is 5.76. The summed E-state index contributed by atoms with van der Waals surface area (Å²) in [4.78, 5) is 2.30. The number of benzene rings is 9. The van der Waals surface area contributed by atoms with Crippen molar-refractivity contribution >= 4 is 60.9 Å². The van der Waals surface area contributed by atoms with Gasteiger partial charge in [0, 0.05) is 38.5 Å². The van der Waals surface area contributed by atoms with E-state index in [1.807, 2.05) is 18.2 Å². The topological polar surface area (TPSA) is 29.5 Å². The van der Waals surface area contributed by atoms with E-state index in [-0.39, 0.29) is 0 Å². The van der Waals surface area contributed by atoms with Crippen molar-refractivity contribution in [2.24, 2.45) is 0 Å². The molecular weight excluding hydrogens is 695 g/mol. The summed E-state index contributed by atoms with van der Waals surface area (Å²) in [6.45, 7) is 0. The number of anilines is 3. The van der Waals surface area contributed by atoms with E-state index in [4.69, 9.17) is 8.83 Å². The fourth-order valence-electron chi connectivity index (χ4n) is 8.27. The van der Waals surface area contributed by atoms with E-state index in [1.165, 1.54) is 16.7 Å². The number of para-hydroxylation sites is 3. The molecule has 0 spiro atoms. The van der Waals surface area contributed by atoms with E-state index < -0.39 is 0 Å². The third-order valence-electron chi connectivity index (χ3n) is 11.1. The van der Waals surface area contributed by atoms with Crippen molar-refractivity contribution in [1.82, 2.24) is 0 Å². The Morgan fingerprint density at radius 3 is 1.46 bits per heavy atom. The fourth-order valence-corrected chi connectivity index (χ4v) is 8.27. The van der Waals surface area contributed by atoms with E-state index >= 15 is 0 Å². The molecule has 0 N–H and O–H groups in total. The molecule has 0 atom stereocenters. The van der Waals surface area contributed by atoms with Crippen LogP contribution >= 0.6 is 0 Å². The van der Waals surface area contributed by atoms with Crippen LogP contribution in [0.25, 0.3) is 88.4 Å².